The van der Waals surface area contributed by atoms with Crippen LogP contribution < -0.4 is 0 Å². The van der Waals surface area contributed by atoms with Gasteiger partial charge in [0.05, 0.1) is 12.3 Å². The standard InChI is InChI=1S/C14H16ClNO3/c1-16(12-7-10(8-12)14(18)19)13(17)6-9-2-4-11(15)5-3-9/h2-5,10,12H,6-8H2,1H3,(H,18,19). The Bertz CT molecular complexity index is 480. The van der Waals surface area contributed by atoms with Crippen molar-refractivity contribution in [1.29, 1.82) is 0 Å². The number of carboxylic acid groups (broad SMARTS) is 1. The third-order valence-corrected chi connectivity index (χ3v) is 3.92. The van der Waals surface area contributed by atoms with Crippen molar-refractivity contribution in [1.82, 2.24) is 4.90 Å². The zero-order valence-corrected chi connectivity index (χ0v) is 11.4. The Morgan fingerprint density at radius 1 is 1.32 bits per heavy atom. The summed E-state index contributed by atoms with van der Waals surface area (Å²) in [6.45, 7) is 0. The van der Waals surface area contributed by atoms with E-state index in [2.05, 4.69) is 0 Å². The SMILES string of the molecule is CN(C(=O)Cc1ccc(Cl)cc1)C1CC(C(=O)O)C1. The van der Waals surface area contributed by atoms with Gasteiger partial charge in [0.15, 0.2) is 0 Å². The summed E-state index contributed by atoms with van der Waals surface area (Å²) in [4.78, 5) is 24.4. The van der Waals surface area contributed by atoms with Gasteiger partial charge in [-0.25, -0.2) is 0 Å². The summed E-state index contributed by atoms with van der Waals surface area (Å²) in [5, 5.41) is 9.46. The maximum atomic E-state index is 12.1. The predicted molar refractivity (Wildman–Crippen MR) is 72.1 cm³/mol. The lowest BCUT2D eigenvalue weighted by Gasteiger charge is -2.39. The van der Waals surface area contributed by atoms with Gasteiger partial charge >= 0.3 is 5.97 Å². The lowest BCUT2D eigenvalue weighted by molar-refractivity contribution is -0.149. The first-order chi connectivity index (χ1) is 8.97. The minimum absolute atomic E-state index is 0.0103. The van der Waals surface area contributed by atoms with Gasteiger partial charge in [-0.2, -0.15) is 0 Å². The second-order valence-electron chi connectivity index (χ2n) is 4.97. The molecule has 1 aliphatic carbocycles. The van der Waals surface area contributed by atoms with Crippen LogP contribution in [0.5, 0.6) is 0 Å². The molecule has 0 heterocycles. The van der Waals surface area contributed by atoms with Crippen molar-refractivity contribution in [3.63, 3.8) is 0 Å². The molecule has 0 atom stereocenters. The number of carboxylic acids is 1. The topological polar surface area (TPSA) is 57.6 Å². The Morgan fingerprint density at radius 2 is 1.89 bits per heavy atom. The van der Waals surface area contributed by atoms with Gasteiger partial charge in [-0.15, -0.1) is 0 Å². The lowest BCUT2D eigenvalue weighted by atomic mass is 9.79. The number of nitrogens with zero attached hydrogens (tertiary/aromatic N) is 1. The molecular weight excluding hydrogens is 266 g/mol. The fourth-order valence-corrected chi connectivity index (χ4v) is 2.34. The van der Waals surface area contributed by atoms with Crippen molar-refractivity contribution in [3.05, 3.63) is 34.9 Å². The Balaban J connectivity index is 1.87. The number of aliphatic carboxylic acids is 1. The van der Waals surface area contributed by atoms with Gasteiger partial charge in [-0.1, -0.05) is 23.7 Å². The number of carbonyl (C=O) groups is 2. The van der Waals surface area contributed by atoms with E-state index in [4.69, 9.17) is 16.7 Å². The smallest absolute Gasteiger partial charge is 0.306 e. The molecule has 1 N–H and O–H groups in total. The first kappa shape index (κ1) is 13.9. The largest absolute Gasteiger partial charge is 0.481 e. The van der Waals surface area contributed by atoms with Crippen molar-refractivity contribution in [2.45, 2.75) is 25.3 Å². The first-order valence-electron chi connectivity index (χ1n) is 6.20. The molecule has 102 valence electrons. The summed E-state index contributed by atoms with van der Waals surface area (Å²) in [7, 11) is 1.74. The minimum atomic E-state index is -0.769. The number of hydrogen-bond donors (Lipinski definition) is 1. The average Bonchev–Trinajstić information content (AvgIpc) is 2.29. The number of hydrogen-bond acceptors (Lipinski definition) is 2. The zero-order chi connectivity index (χ0) is 14.0. The molecule has 5 heteroatoms. The van der Waals surface area contributed by atoms with Crippen LogP contribution in [0.1, 0.15) is 18.4 Å². The molecule has 1 amide bonds. The van der Waals surface area contributed by atoms with Gasteiger partial charge in [-0.3, -0.25) is 9.59 Å². The van der Waals surface area contributed by atoms with Gasteiger partial charge in [0.25, 0.3) is 0 Å². The van der Waals surface area contributed by atoms with Crippen LogP contribution in [0, 0.1) is 5.92 Å². The van der Waals surface area contributed by atoms with Gasteiger partial charge < -0.3 is 10.0 Å². The third kappa shape index (κ3) is 3.26. The Kier molecular flexibility index (Phi) is 4.10. The third-order valence-electron chi connectivity index (χ3n) is 3.67. The molecule has 0 unspecified atom stereocenters. The monoisotopic (exact) mass is 281 g/mol. The molecule has 0 aliphatic heterocycles. The molecule has 0 spiro atoms. The molecule has 1 saturated carbocycles. The quantitative estimate of drug-likeness (QED) is 0.920. The fourth-order valence-electron chi connectivity index (χ4n) is 2.21. The highest BCUT2D eigenvalue weighted by Gasteiger charge is 2.38. The molecular formula is C14H16ClNO3. The number of amides is 1. The molecule has 1 aromatic rings. The van der Waals surface area contributed by atoms with Crippen molar-refractivity contribution in [2.75, 3.05) is 7.05 Å². The molecule has 4 nitrogen and oxygen atoms in total. The van der Waals surface area contributed by atoms with Crippen LogP contribution in [0.3, 0.4) is 0 Å². The predicted octanol–water partition coefficient (Wildman–Crippen LogP) is 2.20. The molecule has 2 rings (SSSR count). The van der Waals surface area contributed by atoms with E-state index in [1.807, 2.05) is 12.1 Å². The fraction of sp³-hybridized carbons (Fsp3) is 0.429. The summed E-state index contributed by atoms with van der Waals surface area (Å²) < 4.78 is 0. The van der Waals surface area contributed by atoms with Crippen molar-refractivity contribution in [2.24, 2.45) is 5.92 Å². The number of rotatable bonds is 4. The van der Waals surface area contributed by atoms with E-state index in [-0.39, 0.29) is 17.9 Å². The van der Waals surface area contributed by atoms with Gasteiger partial charge in [0.2, 0.25) is 5.91 Å². The zero-order valence-electron chi connectivity index (χ0n) is 10.7. The number of halogens is 1. The van der Waals surface area contributed by atoms with Crippen LogP contribution in [-0.4, -0.2) is 35.0 Å². The van der Waals surface area contributed by atoms with Crippen LogP contribution in [0.2, 0.25) is 5.02 Å². The molecule has 0 aromatic heterocycles. The van der Waals surface area contributed by atoms with Crippen molar-refractivity contribution >= 4 is 23.5 Å². The summed E-state index contributed by atoms with van der Waals surface area (Å²) in [6, 6.07) is 7.23. The normalized spacial score (nSPS) is 21.6. The lowest BCUT2D eigenvalue weighted by Crippen LogP contribution is -2.48. The molecule has 0 bridgehead atoms. The van der Waals surface area contributed by atoms with Gasteiger partial charge in [0.1, 0.15) is 0 Å². The second kappa shape index (κ2) is 5.61. The second-order valence-corrected chi connectivity index (χ2v) is 5.40. The van der Waals surface area contributed by atoms with Gasteiger partial charge in [-0.05, 0) is 30.5 Å². The minimum Gasteiger partial charge on any atom is -0.481 e. The van der Waals surface area contributed by atoms with Crippen LogP contribution in [0.15, 0.2) is 24.3 Å². The summed E-state index contributed by atoms with van der Waals surface area (Å²) in [6.07, 6.45) is 1.43. The average molecular weight is 282 g/mol. The maximum Gasteiger partial charge on any atom is 0.306 e. The Labute approximate surface area is 117 Å². The first-order valence-corrected chi connectivity index (χ1v) is 6.58. The molecule has 1 aromatic carbocycles. The molecule has 0 radical (unpaired) electrons. The Hall–Kier alpha value is -1.55. The highest BCUT2D eigenvalue weighted by atomic mass is 35.5. The van der Waals surface area contributed by atoms with Gasteiger partial charge in [0, 0.05) is 18.1 Å². The van der Waals surface area contributed by atoms with E-state index in [0.29, 0.717) is 24.3 Å². The van der Waals surface area contributed by atoms with E-state index >= 15 is 0 Å². The van der Waals surface area contributed by atoms with Crippen molar-refractivity contribution in [3.8, 4) is 0 Å². The van der Waals surface area contributed by atoms with E-state index in [1.165, 1.54) is 0 Å². The van der Waals surface area contributed by atoms with E-state index in [0.717, 1.165) is 5.56 Å². The molecule has 1 aliphatic rings. The summed E-state index contributed by atoms with van der Waals surface area (Å²) in [5.74, 6) is -1.05. The molecule has 1 fully saturated rings. The molecule has 0 saturated heterocycles. The van der Waals surface area contributed by atoms with Crippen LogP contribution in [0.25, 0.3) is 0 Å². The summed E-state index contributed by atoms with van der Waals surface area (Å²) in [5.41, 5.74) is 0.912. The van der Waals surface area contributed by atoms with Crippen LogP contribution in [-0.2, 0) is 16.0 Å². The highest BCUT2D eigenvalue weighted by molar-refractivity contribution is 6.30. The van der Waals surface area contributed by atoms with E-state index in [1.54, 1.807) is 24.1 Å². The van der Waals surface area contributed by atoms with Crippen LogP contribution >= 0.6 is 11.6 Å². The summed E-state index contributed by atoms with van der Waals surface area (Å²) >= 11 is 5.79. The van der Waals surface area contributed by atoms with Crippen molar-refractivity contribution < 1.29 is 14.7 Å². The highest BCUT2D eigenvalue weighted by Crippen LogP contribution is 2.31. The number of benzene rings is 1. The molecule has 19 heavy (non-hydrogen) atoms. The van der Waals surface area contributed by atoms with Crippen LogP contribution in [0.4, 0.5) is 0 Å². The van der Waals surface area contributed by atoms with E-state index in [9.17, 15) is 9.59 Å². The number of likely N-dealkylation sites (N-methyl/N-ethyl adjacent to an activating group) is 1. The number of carbonyl (C=O) groups excluding carboxylic acids is 1. The maximum absolute atomic E-state index is 12.1. The Morgan fingerprint density at radius 3 is 2.42 bits per heavy atom. The van der Waals surface area contributed by atoms with E-state index < -0.39 is 5.97 Å².